The lowest BCUT2D eigenvalue weighted by atomic mass is 9.74. The summed E-state index contributed by atoms with van der Waals surface area (Å²) in [5.41, 5.74) is 7.06. The Morgan fingerprint density at radius 2 is 1.78 bits per heavy atom. The van der Waals surface area contributed by atoms with Crippen molar-refractivity contribution in [2.45, 2.75) is 24.7 Å². The Balaban J connectivity index is 1.50. The summed E-state index contributed by atoms with van der Waals surface area (Å²) < 4.78 is 24.2. The molecule has 7 heteroatoms. The van der Waals surface area contributed by atoms with Crippen molar-refractivity contribution in [3.05, 3.63) is 35.6 Å². The molecule has 0 radical (unpaired) electrons. The predicted octanol–water partition coefficient (Wildman–Crippen LogP) is 1.50. The van der Waals surface area contributed by atoms with Crippen LogP contribution in [0, 0.1) is 5.82 Å². The molecule has 27 heavy (non-hydrogen) atoms. The SMILES string of the molecule is NC(=NCC1(c2ccc(F)cc2)CCOCC1)NCCCN1CCOCC1. The molecule has 0 aromatic heterocycles. The van der Waals surface area contributed by atoms with E-state index in [9.17, 15) is 4.39 Å². The summed E-state index contributed by atoms with van der Waals surface area (Å²) in [6.45, 7) is 7.49. The molecule has 2 saturated heterocycles. The number of rotatable bonds is 7. The third-order valence-corrected chi connectivity index (χ3v) is 5.52. The Labute approximate surface area is 160 Å². The van der Waals surface area contributed by atoms with E-state index in [1.807, 2.05) is 12.1 Å². The smallest absolute Gasteiger partial charge is 0.188 e. The van der Waals surface area contributed by atoms with Gasteiger partial charge in [0.25, 0.3) is 0 Å². The highest BCUT2D eigenvalue weighted by atomic mass is 19.1. The van der Waals surface area contributed by atoms with E-state index in [1.165, 1.54) is 12.1 Å². The van der Waals surface area contributed by atoms with Gasteiger partial charge in [-0.1, -0.05) is 12.1 Å². The summed E-state index contributed by atoms with van der Waals surface area (Å²) in [6, 6.07) is 6.76. The summed E-state index contributed by atoms with van der Waals surface area (Å²) in [4.78, 5) is 7.01. The molecule has 1 aromatic rings. The van der Waals surface area contributed by atoms with E-state index in [1.54, 1.807) is 0 Å². The standard InChI is InChI=1S/C20H31FN4O2/c21-18-4-2-17(3-5-18)20(6-12-26-13-7-20)16-24-19(22)23-8-1-9-25-10-14-27-15-11-25/h2-5H,1,6-16H2,(H3,22,23,24). The number of benzene rings is 1. The molecule has 0 aliphatic carbocycles. The third kappa shape index (κ3) is 5.89. The van der Waals surface area contributed by atoms with Crippen LogP contribution in [0.25, 0.3) is 0 Å². The van der Waals surface area contributed by atoms with Gasteiger partial charge in [-0.3, -0.25) is 9.89 Å². The largest absolute Gasteiger partial charge is 0.381 e. The van der Waals surface area contributed by atoms with Crippen molar-refractivity contribution >= 4 is 5.96 Å². The zero-order chi connectivity index (χ0) is 19.0. The lowest BCUT2D eigenvalue weighted by Gasteiger charge is -2.36. The molecular formula is C20H31FN4O2. The highest BCUT2D eigenvalue weighted by molar-refractivity contribution is 5.77. The molecule has 2 heterocycles. The Morgan fingerprint density at radius 3 is 2.48 bits per heavy atom. The first-order chi connectivity index (χ1) is 13.2. The van der Waals surface area contributed by atoms with Gasteiger partial charge in [-0.05, 0) is 43.5 Å². The zero-order valence-corrected chi connectivity index (χ0v) is 16.0. The molecule has 3 N–H and O–H groups in total. The first-order valence-electron chi connectivity index (χ1n) is 9.86. The number of hydrogen-bond donors (Lipinski definition) is 2. The van der Waals surface area contributed by atoms with E-state index in [-0.39, 0.29) is 11.2 Å². The summed E-state index contributed by atoms with van der Waals surface area (Å²) >= 11 is 0. The number of ether oxygens (including phenoxy) is 2. The average molecular weight is 378 g/mol. The minimum atomic E-state index is -0.217. The second-order valence-corrected chi connectivity index (χ2v) is 7.34. The van der Waals surface area contributed by atoms with Crippen molar-refractivity contribution in [2.75, 3.05) is 59.2 Å². The van der Waals surface area contributed by atoms with E-state index in [4.69, 9.17) is 15.2 Å². The van der Waals surface area contributed by atoms with Crippen LogP contribution in [0.4, 0.5) is 4.39 Å². The molecule has 150 valence electrons. The van der Waals surface area contributed by atoms with Gasteiger partial charge in [0.05, 0.1) is 19.8 Å². The monoisotopic (exact) mass is 378 g/mol. The summed E-state index contributed by atoms with van der Waals surface area (Å²) in [7, 11) is 0. The number of hydrogen-bond acceptors (Lipinski definition) is 4. The highest BCUT2D eigenvalue weighted by Gasteiger charge is 2.34. The maximum Gasteiger partial charge on any atom is 0.188 e. The van der Waals surface area contributed by atoms with Gasteiger partial charge < -0.3 is 20.5 Å². The maximum atomic E-state index is 13.3. The van der Waals surface area contributed by atoms with Crippen LogP contribution in [-0.4, -0.2) is 70.0 Å². The van der Waals surface area contributed by atoms with Gasteiger partial charge >= 0.3 is 0 Å². The van der Waals surface area contributed by atoms with Crippen LogP contribution in [0.5, 0.6) is 0 Å². The van der Waals surface area contributed by atoms with E-state index in [0.717, 1.165) is 64.2 Å². The van der Waals surface area contributed by atoms with Gasteiger partial charge in [0.15, 0.2) is 5.96 Å². The number of guanidine groups is 1. The molecule has 2 aliphatic heterocycles. The van der Waals surface area contributed by atoms with Crippen LogP contribution >= 0.6 is 0 Å². The number of nitrogens with two attached hydrogens (primary N) is 1. The fourth-order valence-corrected chi connectivity index (χ4v) is 3.74. The number of nitrogens with zero attached hydrogens (tertiary/aromatic N) is 2. The van der Waals surface area contributed by atoms with E-state index in [2.05, 4.69) is 15.2 Å². The van der Waals surface area contributed by atoms with Crippen LogP contribution in [-0.2, 0) is 14.9 Å². The molecule has 0 spiro atoms. The quantitative estimate of drug-likeness (QED) is 0.427. The van der Waals surface area contributed by atoms with Gasteiger partial charge in [-0.25, -0.2) is 4.39 Å². The van der Waals surface area contributed by atoms with Gasteiger partial charge in [-0.15, -0.1) is 0 Å². The Kier molecular flexibility index (Phi) is 7.43. The van der Waals surface area contributed by atoms with Gasteiger partial charge in [0, 0.05) is 38.3 Å². The van der Waals surface area contributed by atoms with Gasteiger partial charge in [0.2, 0.25) is 0 Å². The second kappa shape index (κ2) is 10.0. The zero-order valence-electron chi connectivity index (χ0n) is 16.0. The van der Waals surface area contributed by atoms with Crippen molar-refractivity contribution < 1.29 is 13.9 Å². The van der Waals surface area contributed by atoms with Crippen LogP contribution in [0.15, 0.2) is 29.3 Å². The lowest BCUT2D eigenvalue weighted by molar-refractivity contribution is 0.0376. The van der Waals surface area contributed by atoms with Crippen LogP contribution in [0.3, 0.4) is 0 Å². The molecule has 0 amide bonds. The van der Waals surface area contributed by atoms with Crippen LogP contribution in [0.2, 0.25) is 0 Å². The first-order valence-corrected chi connectivity index (χ1v) is 9.86. The summed E-state index contributed by atoms with van der Waals surface area (Å²) in [5.74, 6) is 0.260. The molecule has 2 aliphatic rings. The van der Waals surface area contributed by atoms with Crippen molar-refractivity contribution in [1.82, 2.24) is 10.2 Å². The van der Waals surface area contributed by atoms with Gasteiger partial charge in [0.1, 0.15) is 5.82 Å². The predicted molar refractivity (Wildman–Crippen MR) is 104 cm³/mol. The Hall–Kier alpha value is -1.70. The first kappa shape index (κ1) is 20.0. The Morgan fingerprint density at radius 1 is 1.11 bits per heavy atom. The molecular weight excluding hydrogens is 347 g/mol. The van der Waals surface area contributed by atoms with E-state index >= 15 is 0 Å². The molecule has 1 aromatic carbocycles. The van der Waals surface area contributed by atoms with Crippen molar-refractivity contribution in [3.63, 3.8) is 0 Å². The normalized spacial score (nSPS) is 21.1. The van der Waals surface area contributed by atoms with E-state index < -0.39 is 0 Å². The summed E-state index contributed by atoms with van der Waals surface area (Å²) in [5, 5.41) is 3.22. The average Bonchev–Trinajstić information content (AvgIpc) is 2.72. The molecule has 0 saturated carbocycles. The Bertz CT molecular complexity index is 597. The third-order valence-electron chi connectivity index (χ3n) is 5.52. The van der Waals surface area contributed by atoms with Crippen molar-refractivity contribution in [2.24, 2.45) is 10.7 Å². The maximum absolute atomic E-state index is 13.3. The number of aliphatic imine (C=N–C) groups is 1. The molecule has 0 atom stereocenters. The van der Waals surface area contributed by atoms with Gasteiger partial charge in [-0.2, -0.15) is 0 Å². The number of halogens is 1. The topological polar surface area (TPSA) is 72.1 Å². The lowest BCUT2D eigenvalue weighted by Crippen LogP contribution is -2.40. The van der Waals surface area contributed by atoms with Crippen molar-refractivity contribution in [1.29, 1.82) is 0 Å². The molecule has 2 fully saturated rings. The summed E-state index contributed by atoms with van der Waals surface area (Å²) in [6.07, 6.45) is 2.76. The fraction of sp³-hybridized carbons (Fsp3) is 0.650. The molecule has 0 unspecified atom stereocenters. The minimum absolute atomic E-state index is 0.133. The molecule has 3 rings (SSSR count). The fourth-order valence-electron chi connectivity index (χ4n) is 3.74. The second-order valence-electron chi connectivity index (χ2n) is 7.34. The number of nitrogens with one attached hydrogen (secondary N) is 1. The molecule has 6 nitrogen and oxygen atoms in total. The van der Waals surface area contributed by atoms with Crippen LogP contribution < -0.4 is 11.1 Å². The highest BCUT2D eigenvalue weighted by Crippen LogP contribution is 2.35. The minimum Gasteiger partial charge on any atom is -0.381 e. The molecule has 0 bridgehead atoms. The van der Waals surface area contributed by atoms with Crippen molar-refractivity contribution in [3.8, 4) is 0 Å². The van der Waals surface area contributed by atoms with E-state index in [0.29, 0.717) is 25.7 Å². The number of morpholine rings is 1. The van der Waals surface area contributed by atoms with Crippen LogP contribution in [0.1, 0.15) is 24.8 Å².